The number of benzene rings is 1. The Bertz CT molecular complexity index is 695. The molecule has 2 aromatic rings. The lowest BCUT2D eigenvalue weighted by Gasteiger charge is -2.07. The van der Waals surface area contributed by atoms with E-state index in [2.05, 4.69) is 9.82 Å². The number of aromatic nitrogens is 2. The summed E-state index contributed by atoms with van der Waals surface area (Å²) in [6, 6.07) is 7.30. The van der Waals surface area contributed by atoms with Crippen LogP contribution in [0, 0.1) is 0 Å². The highest BCUT2D eigenvalue weighted by atomic mass is 32.2. The molecule has 21 heavy (non-hydrogen) atoms. The summed E-state index contributed by atoms with van der Waals surface area (Å²) in [5.74, 6) is 0. The average Bonchev–Trinajstić information content (AvgIpc) is 2.94. The fourth-order valence-electron chi connectivity index (χ4n) is 1.91. The van der Waals surface area contributed by atoms with Crippen LogP contribution in [0.5, 0.6) is 0 Å². The van der Waals surface area contributed by atoms with Gasteiger partial charge in [0.2, 0.25) is 0 Å². The molecule has 0 unspecified atom stereocenters. The van der Waals surface area contributed by atoms with Crippen LogP contribution in [0.15, 0.2) is 41.6 Å². The normalized spacial score (nSPS) is 11.5. The van der Waals surface area contributed by atoms with Crippen LogP contribution in [0.2, 0.25) is 0 Å². The van der Waals surface area contributed by atoms with Gasteiger partial charge in [0.1, 0.15) is 4.90 Å². The van der Waals surface area contributed by atoms with Crippen molar-refractivity contribution in [2.45, 2.75) is 31.2 Å². The number of aryl methyl sites for hydroxylation is 2. The molecule has 1 aromatic heterocycles. The Balaban J connectivity index is 2.15. The van der Waals surface area contributed by atoms with Crippen molar-refractivity contribution in [3.05, 3.63) is 42.2 Å². The molecular weight excluding hydrogens is 290 g/mol. The molecule has 0 atom stereocenters. The monoisotopic (exact) mass is 309 g/mol. The summed E-state index contributed by atoms with van der Waals surface area (Å²) in [6.45, 7) is 2.54. The number of hydrogen-bond acceptors (Lipinski definition) is 4. The number of rotatable bonds is 7. The first-order valence-corrected chi connectivity index (χ1v) is 8.28. The van der Waals surface area contributed by atoms with Crippen molar-refractivity contribution in [2.24, 2.45) is 0 Å². The van der Waals surface area contributed by atoms with E-state index in [9.17, 15) is 8.42 Å². The second-order valence-corrected chi connectivity index (χ2v) is 6.36. The quantitative estimate of drug-likeness (QED) is 0.814. The van der Waals surface area contributed by atoms with E-state index in [4.69, 9.17) is 5.11 Å². The number of nitrogens with one attached hydrogen (secondary N) is 1. The first kappa shape index (κ1) is 15.5. The maximum atomic E-state index is 12.3. The minimum atomic E-state index is -3.64. The van der Waals surface area contributed by atoms with Crippen LogP contribution in [0.3, 0.4) is 0 Å². The molecule has 0 radical (unpaired) electrons. The number of sulfonamides is 1. The molecule has 1 aromatic carbocycles. The Morgan fingerprint density at radius 3 is 2.90 bits per heavy atom. The van der Waals surface area contributed by atoms with Gasteiger partial charge in [-0.25, -0.2) is 8.42 Å². The molecule has 0 fully saturated rings. The third-order valence-corrected chi connectivity index (χ3v) is 4.39. The van der Waals surface area contributed by atoms with E-state index >= 15 is 0 Å². The van der Waals surface area contributed by atoms with Crippen LogP contribution < -0.4 is 4.72 Å². The predicted octanol–water partition coefficient (Wildman–Crippen LogP) is 1.63. The molecule has 0 bridgehead atoms. The fraction of sp³-hybridized carbons (Fsp3) is 0.357. The van der Waals surface area contributed by atoms with E-state index in [1.54, 1.807) is 6.07 Å². The van der Waals surface area contributed by atoms with Crippen molar-refractivity contribution in [2.75, 3.05) is 11.3 Å². The second kappa shape index (κ2) is 6.73. The molecule has 114 valence electrons. The largest absolute Gasteiger partial charge is 0.396 e. The summed E-state index contributed by atoms with van der Waals surface area (Å²) < 4.78 is 28.6. The Hall–Kier alpha value is -1.86. The van der Waals surface area contributed by atoms with E-state index in [1.165, 1.54) is 17.1 Å². The smallest absolute Gasteiger partial charge is 0.265 e. The van der Waals surface area contributed by atoms with E-state index in [1.807, 2.05) is 25.1 Å². The van der Waals surface area contributed by atoms with Gasteiger partial charge in [-0.15, -0.1) is 0 Å². The van der Waals surface area contributed by atoms with Gasteiger partial charge in [0.25, 0.3) is 10.0 Å². The summed E-state index contributed by atoms with van der Waals surface area (Å²) in [5, 5.41) is 12.7. The number of aliphatic hydroxyl groups excluding tert-OH is 1. The molecule has 0 spiro atoms. The molecule has 7 heteroatoms. The number of nitrogens with zero attached hydrogens (tertiary/aromatic N) is 2. The molecule has 6 nitrogen and oxygen atoms in total. The van der Waals surface area contributed by atoms with Crippen molar-refractivity contribution < 1.29 is 13.5 Å². The van der Waals surface area contributed by atoms with Crippen molar-refractivity contribution in [3.63, 3.8) is 0 Å². The van der Waals surface area contributed by atoms with E-state index < -0.39 is 10.0 Å². The van der Waals surface area contributed by atoms with Gasteiger partial charge >= 0.3 is 0 Å². The zero-order chi connectivity index (χ0) is 15.3. The first-order chi connectivity index (χ1) is 10.0. The van der Waals surface area contributed by atoms with Gasteiger partial charge in [-0.1, -0.05) is 19.1 Å². The summed E-state index contributed by atoms with van der Waals surface area (Å²) in [4.78, 5) is 0.113. The van der Waals surface area contributed by atoms with Crippen LogP contribution in [0.25, 0.3) is 0 Å². The van der Waals surface area contributed by atoms with Crippen molar-refractivity contribution >= 4 is 15.7 Å². The van der Waals surface area contributed by atoms with Gasteiger partial charge in [0.05, 0.1) is 6.20 Å². The molecule has 2 rings (SSSR count). The van der Waals surface area contributed by atoms with E-state index in [0.717, 1.165) is 12.0 Å². The lowest BCUT2D eigenvalue weighted by molar-refractivity contribution is 0.277. The molecule has 0 aliphatic heterocycles. The number of anilines is 1. The Kier molecular flexibility index (Phi) is 4.98. The first-order valence-electron chi connectivity index (χ1n) is 6.80. The number of aliphatic hydroxyl groups is 1. The van der Waals surface area contributed by atoms with Gasteiger partial charge in [0.15, 0.2) is 0 Å². The van der Waals surface area contributed by atoms with E-state index in [-0.39, 0.29) is 11.5 Å². The van der Waals surface area contributed by atoms with Crippen LogP contribution in [0.4, 0.5) is 5.69 Å². The molecule has 2 N–H and O–H groups in total. The number of hydrogen-bond donors (Lipinski definition) is 2. The summed E-state index contributed by atoms with van der Waals surface area (Å²) in [7, 11) is -3.64. The SMILES string of the molecule is CCc1cccc(NS(=O)(=O)c2cnn(CCCO)c2)c1. The van der Waals surface area contributed by atoms with E-state index in [0.29, 0.717) is 18.7 Å². The fourth-order valence-corrected chi connectivity index (χ4v) is 2.91. The lowest BCUT2D eigenvalue weighted by atomic mass is 10.1. The van der Waals surface area contributed by atoms with Crippen LogP contribution in [-0.2, 0) is 23.0 Å². The third kappa shape index (κ3) is 4.05. The Morgan fingerprint density at radius 2 is 2.19 bits per heavy atom. The Morgan fingerprint density at radius 1 is 1.38 bits per heavy atom. The van der Waals surface area contributed by atoms with Gasteiger partial charge in [-0.05, 0) is 30.5 Å². The Labute approximate surface area is 124 Å². The minimum Gasteiger partial charge on any atom is -0.396 e. The maximum Gasteiger partial charge on any atom is 0.265 e. The average molecular weight is 309 g/mol. The maximum absolute atomic E-state index is 12.3. The molecular formula is C14H19N3O3S. The highest BCUT2D eigenvalue weighted by Gasteiger charge is 2.16. The zero-order valence-electron chi connectivity index (χ0n) is 11.9. The molecule has 0 aliphatic rings. The topological polar surface area (TPSA) is 84.2 Å². The van der Waals surface area contributed by atoms with Gasteiger partial charge in [0, 0.05) is 25.0 Å². The van der Waals surface area contributed by atoms with Crippen LogP contribution >= 0.6 is 0 Å². The molecule has 0 saturated heterocycles. The molecule has 1 heterocycles. The highest BCUT2D eigenvalue weighted by molar-refractivity contribution is 7.92. The van der Waals surface area contributed by atoms with Crippen molar-refractivity contribution in [1.82, 2.24) is 9.78 Å². The van der Waals surface area contributed by atoms with Crippen molar-refractivity contribution in [1.29, 1.82) is 0 Å². The summed E-state index contributed by atoms with van der Waals surface area (Å²) >= 11 is 0. The second-order valence-electron chi connectivity index (χ2n) is 4.68. The minimum absolute atomic E-state index is 0.0456. The van der Waals surface area contributed by atoms with Crippen LogP contribution in [-0.4, -0.2) is 29.9 Å². The molecule has 0 aliphatic carbocycles. The third-order valence-electron chi connectivity index (χ3n) is 3.05. The molecule has 0 amide bonds. The molecule has 0 saturated carbocycles. The summed E-state index contributed by atoms with van der Waals surface area (Å²) in [5.41, 5.74) is 1.60. The van der Waals surface area contributed by atoms with Gasteiger partial charge in [-0.3, -0.25) is 9.40 Å². The van der Waals surface area contributed by atoms with Crippen molar-refractivity contribution in [3.8, 4) is 0 Å². The standard InChI is InChI=1S/C14H19N3O3S/c1-2-12-5-3-6-13(9-12)16-21(19,20)14-10-15-17(11-14)7-4-8-18/h3,5-6,9-11,16,18H,2,4,7-8H2,1H3. The van der Waals surface area contributed by atoms with Gasteiger partial charge < -0.3 is 5.11 Å². The van der Waals surface area contributed by atoms with Crippen LogP contribution in [0.1, 0.15) is 18.9 Å². The zero-order valence-corrected chi connectivity index (χ0v) is 12.7. The van der Waals surface area contributed by atoms with Gasteiger partial charge in [-0.2, -0.15) is 5.10 Å². The predicted molar refractivity (Wildman–Crippen MR) is 80.6 cm³/mol. The summed E-state index contributed by atoms with van der Waals surface area (Å²) in [6.07, 6.45) is 4.15. The highest BCUT2D eigenvalue weighted by Crippen LogP contribution is 2.17. The lowest BCUT2D eigenvalue weighted by Crippen LogP contribution is -2.12.